The molecule has 0 aliphatic heterocycles. The number of allylic oxidation sites excluding steroid dienone is 1. The molecule has 0 spiro atoms. The molecule has 18 heavy (non-hydrogen) atoms. The number of nitrogens with zero attached hydrogens (tertiary/aromatic N) is 1. The fourth-order valence-corrected chi connectivity index (χ4v) is 1.96. The van der Waals surface area contributed by atoms with Crippen LogP contribution in [0.5, 0.6) is 5.75 Å². The van der Waals surface area contributed by atoms with Gasteiger partial charge in [0.2, 0.25) is 5.91 Å². The molecule has 0 unspecified atom stereocenters. The van der Waals surface area contributed by atoms with Crippen LogP contribution >= 0.6 is 0 Å². The Morgan fingerprint density at radius 1 is 1.33 bits per heavy atom. The molecule has 98 valence electrons. The average molecular weight is 247 g/mol. The molecule has 3 nitrogen and oxygen atoms in total. The van der Waals surface area contributed by atoms with Crippen molar-refractivity contribution in [3.63, 3.8) is 0 Å². The Labute approximate surface area is 109 Å². The lowest BCUT2D eigenvalue weighted by Crippen LogP contribution is -2.23. The van der Waals surface area contributed by atoms with Crippen LogP contribution in [-0.4, -0.2) is 32.0 Å². The van der Waals surface area contributed by atoms with Crippen molar-refractivity contribution in [2.45, 2.75) is 20.3 Å². The van der Waals surface area contributed by atoms with Crippen LogP contribution in [0.4, 0.5) is 0 Å². The lowest BCUT2D eigenvalue weighted by molar-refractivity contribution is -0.124. The summed E-state index contributed by atoms with van der Waals surface area (Å²) in [6.45, 7) is 3.93. The molecule has 0 N–H and O–H groups in total. The highest BCUT2D eigenvalue weighted by Gasteiger charge is 2.13. The van der Waals surface area contributed by atoms with E-state index in [0.717, 1.165) is 28.9 Å². The van der Waals surface area contributed by atoms with Gasteiger partial charge >= 0.3 is 0 Å². The second-order valence-corrected chi connectivity index (χ2v) is 4.39. The monoisotopic (exact) mass is 247 g/mol. The van der Waals surface area contributed by atoms with E-state index in [0.29, 0.717) is 0 Å². The predicted octanol–water partition coefficient (Wildman–Crippen LogP) is 2.97. The number of hydrogen-bond acceptors (Lipinski definition) is 2. The van der Waals surface area contributed by atoms with Crippen LogP contribution in [0, 0.1) is 0 Å². The van der Waals surface area contributed by atoms with Crippen molar-refractivity contribution in [2.24, 2.45) is 0 Å². The van der Waals surface area contributed by atoms with Gasteiger partial charge in [0, 0.05) is 19.7 Å². The number of benzene rings is 1. The maximum absolute atomic E-state index is 12.0. The van der Waals surface area contributed by atoms with Crippen LogP contribution in [0.3, 0.4) is 0 Å². The predicted molar refractivity (Wildman–Crippen MR) is 74.6 cm³/mol. The quantitative estimate of drug-likeness (QED) is 0.766. The molecule has 0 radical (unpaired) electrons. The molecule has 0 atom stereocenters. The number of hydrogen-bond donors (Lipinski definition) is 0. The van der Waals surface area contributed by atoms with E-state index in [-0.39, 0.29) is 5.91 Å². The van der Waals surface area contributed by atoms with Gasteiger partial charge in [-0.1, -0.05) is 19.1 Å². The summed E-state index contributed by atoms with van der Waals surface area (Å²) in [7, 11) is 5.18. The van der Waals surface area contributed by atoms with Crippen molar-refractivity contribution >= 4 is 11.5 Å². The van der Waals surface area contributed by atoms with Crippen molar-refractivity contribution in [1.82, 2.24) is 4.90 Å². The van der Waals surface area contributed by atoms with E-state index < -0.39 is 0 Å². The van der Waals surface area contributed by atoms with Gasteiger partial charge < -0.3 is 9.64 Å². The number of ether oxygens (including phenoxy) is 1. The Kier molecular flexibility index (Phi) is 4.95. The molecular weight excluding hydrogens is 226 g/mol. The summed E-state index contributed by atoms with van der Waals surface area (Å²) in [6, 6.07) is 7.82. The summed E-state index contributed by atoms with van der Waals surface area (Å²) >= 11 is 0. The fraction of sp³-hybridized carbons (Fsp3) is 0.400. The molecule has 1 aromatic rings. The number of amides is 1. The first kappa shape index (κ1) is 14.3. The minimum absolute atomic E-state index is 0.0506. The Balaban J connectivity index is 3.23. The third kappa shape index (κ3) is 3.13. The van der Waals surface area contributed by atoms with E-state index in [1.165, 1.54) is 0 Å². The second kappa shape index (κ2) is 6.24. The molecule has 0 aliphatic carbocycles. The lowest BCUT2D eigenvalue weighted by atomic mass is 9.97. The van der Waals surface area contributed by atoms with Crippen LogP contribution in [-0.2, 0) is 4.79 Å². The van der Waals surface area contributed by atoms with E-state index in [2.05, 4.69) is 6.92 Å². The van der Waals surface area contributed by atoms with E-state index >= 15 is 0 Å². The highest BCUT2D eigenvalue weighted by molar-refractivity contribution is 6.00. The minimum atomic E-state index is 0.0506. The summed E-state index contributed by atoms with van der Waals surface area (Å²) in [5.74, 6) is 0.859. The average Bonchev–Trinajstić information content (AvgIpc) is 2.38. The van der Waals surface area contributed by atoms with Gasteiger partial charge in [-0.05, 0) is 36.6 Å². The first-order valence-corrected chi connectivity index (χ1v) is 6.07. The highest BCUT2D eigenvalue weighted by Crippen LogP contribution is 2.26. The molecular formula is C15H21NO2. The third-order valence-corrected chi connectivity index (χ3v) is 2.95. The van der Waals surface area contributed by atoms with Crippen molar-refractivity contribution in [3.05, 3.63) is 35.4 Å². The Morgan fingerprint density at radius 3 is 2.50 bits per heavy atom. The van der Waals surface area contributed by atoms with Gasteiger partial charge in [0.05, 0.1) is 7.11 Å². The van der Waals surface area contributed by atoms with Crippen molar-refractivity contribution in [1.29, 1.82) is 0 Å². The molecule has 3 heteroatoms. The molecule has 0 aromatic heterocycles. The second-order valence-electron chi connectivity index (χ2n) is 4.39. The molecule has 1 rings (SSSR count). The van der Waals surface area contributed by atoms with Gasteiger partial charge in [-0.2, -0.15) is 0 Å². The zero-order chi connectivity index (χ0) is 13.7. The molecule has 0 heterocycles. The maximum Gasteiger partial charge on any atom is 0.249 e. The molecule has 1 aromatic carbocycles. The van der Waals surface area contributed by atoms with Gasteiger partial charge in [-0.3, -0.25) is 4.79 Å². The summed E-state index contributed by atoms with van der Waals surface area (Å²) in [6.07, 6.45) is 0.818. The normalized spacial score (nSPS) is 11.8. The van der Waals surface area contributed by atoms with Gasteiger partial charge in [0.15, 0.2) is 0 Å². The van der Waals surface area contributed by atoms with Gasteiger partial charge in [-0.15, -0.1) is 0 Å². The number of carbonyl (C=O) groups is 1. The standard InChI is InChI=1S/C15H21NO2/c1-6-14(11(2)15(17)16(3)4)12-8-7-9-13(10-12)18-5/h7-10H,6H2,1-5H3/b14-11+. The lowest BCUT2D eigenvalue weighted by Gasteiger charge is -2.15. The molecule has 0 aliphatic rings. The fourth-order valence-electron chi connectivity index (χ4n) is 1.96. The first-order chi connectivity index (χ1) is 8.51. The van der Waals surface area contributed by atoms with Crippen molar-refractivity contribution < 1.29 is 9.53 Å². The number of carbonyl (C=O) groups excluding carboxylic acids is 1. The summed E-state index contributed by atoms with van der Waals surface area (Å²) in [5.41, 5.74) is 2.90. The molecule has 0 saturated heterocycles. The number of likely N-dealkylation sites (N-methyl/N-ethyl adjacent to an activating group) is 1. The topological polar surface area (TPSA) is 29.5 Å². The molecule has 0 saturated carbocycles. The molecule has 1 amide bonds. The van der Waals surface area contributed by atoms with Crippen LogP contribution in [0.1, 0.15) is 25.8 Å². The summed E-state index contributed by atoms with van der Waals surface area (Å²) < 4.78 is 5.22. The van der Waals surface area contributed by atoms with Crippen LogP contribution in [0.2, 0.25) is 0 Å². The smallest absolute Gasteiger partial charge is 0.249 e. The van der Waals surface area contributed by atoms with E-state index in [4.69, 9.17) is 4.74 Å². The molecule has 0 bridgehead atoms. The van der Waals surface area contributed by atoms with Crippen LogP contribution < -0.4 is 4.74 Å². The number of methoxy groups -OCH3 is 1. The first-order valence-electron chi connectivity index (χ1n) is 6.07. The zero-order valence-electron chi connectivity index (χ0n) is 11.8. The van der Waals surface area contributed by atoms with Gasteiger partial charge in [-0.25, -0.2) is 0 Å². The van der Waals surface area contributed by atoms with Gasteiger partial charge in [0.25, 0.3) is 0 Å². The largest absolute Gasteiger partial charge is 0.497 e. The molecule has 0 fully saturated rings. The zero-order valence-corrected chi connectivity index (χ0v) is 11.8. The van der Waals surface area contributed by atoms with E-state index in [1.54, 1.807) is 26.1 Å². The maximum atomic E-state index is 12.0. The SMILES string of the molecule is CC/C(=C(/C)C(=O)N(C)C)c1cccc(OC)c1. The third-order valence-electron chi connectivity index (χ3n) is 2.95. The van der Waals surface area contributed by atoms with Gasteiger partial charge in [0.1, 0.15) is 5.75 Å². The van der Waals surface area contributed by atoms with Crippen LogP contribution in [0.25, 0.3) is 5.57 Å². The van der Waals surface area contributed by atoms with Crippen molar-refractivity contribution in [3.8, 4) is 5.75 Å². The number of rotatable bonds is 4. The van der Waals surface area contributed by atoms with E-state index in [1.807, 2.05) is 31.2 Å². The Morgan fingerprint density at radius 2 is 2.00 bits per heavy atom. The Bertz CT molecular complexity index is 461. The summed E-state index contributed by atoms with van der Waals surface area (Å²) in [5, 5.41) is 0. The van der Waals surface area contributed by atoms with E-state index in [9.17, 15) is 4.79 Å². The van der Waals surface area contributed by atoms with Crippen molar-refractivity contribution in [2.75, 3.05) is 21.2 Å². The highest BCUT2D eigenvalue weighted by atomic mass is 16.5. The summed E-state index contributed by atoms with van der Waals surface area (Å²) in [4.78, 5) is 13.6. The van der Waals surface area contributed by atoms with Crippen LogP contribution in [0.15, 0.2) is 29.8 Å². The Hall–Kier alpha value is -1.77. The minimum Gasteiger partial charge on any atom is -0.497 e.